The molecule has 0 spiro atoms. The normalized spacial score (nSPS) is 25.7. The van der Waals surface area contributed by atoms with Crippen LogP contribution in [0.4, 0.5) is 0 Å². The van der Waals surface area contributed by atoms with Gasteiger partial charge in [-0.15, -0.1) is 0 Å². The van der Waals surface area contributed by atoms with E-state index in [0.717, 1.165) is 32.6 Å². The Balaban J connectivity index is 1.59. The van der Waals surface area contributed by atoms with Crippen LogP contribution in [0.5, 0.6) is 0 Å². The van der Waals surface area contributed by atoms with Crippen molar-refractivity contribution >= 4 is 11.8 Å². The number of H-pyrrole nitrogens is 1. The molecule has 2 amide bonds. The Bertz CT molecular complexity index is 515. The minimum absolute atomic E-state index is 0.0275. The monoisotopic (exact) mass is 291 g/mol. The highest BCUT2D eigenvalue weighted by Crippen LogP contribution is 2.31. The zero-order valence-electron chi connectivity index (χ0n) is 12.2. The number of aromatic amines is 1. The molecule has 2 fully saturated rings. The van der Waals surface area contributed by atoms with Crippen LogP contribution in [0.25, 0.3) is 0 Å². The number of likely N-dealkylation sites (N-methyl/N-ethyl adjacent to an activating group) is 1. The lowest BCUT2D eigenvalue weighted by Crippen LogP contribution is -2.44. The van der Waals surface area contributed by atoms with E-state index in [1.165, 1.54) is 0 Å². The van der Waals surface area contributed by atoms with Crippen molar-refractivity contribution in [3.8, 4) is 0 Å². The highest BCUT2D eigenvalue weighted by Gasteiger charge is 2.39. The van der Waals surface area contributed by atoms with E-state index < -0.39 is 0 Å². The molecule has 0 aromatic carbocycles. The molecule has 2 N–H and O–H groups in total. The van der Waals surface area contributed by atoms with Crippen molar-refractivity contribution in [3.05, 3.63) is 18.0 Å². The Morgan fingerprint density at radius 3 is 2.90 bits per heavy atom. The molecule has 7 nitrogen and oxygen atoms in total. The molecule has 7 heteroatoms. The van der Waals surface area contributed by atoms with Gasteiger partial charge in [0.2, 0.25) is 5.91 Å². The number of fused-ring (bicyclic) bond motifs is 1. The molecule has 0 unspecified atom stereocenters. The van der Waals surface area contributed by atoms with Gasteiger partial charge in [0, 0.05) is 32.9 Å². The average Bonchev–Trinajstić information content (AvgIpc) is 3.15. The van der Waals surface area contributed by atoms with Crippen molar-refractivity contribution < 1.29 is 9.59 Å². The van der Waals surface area contributed by atoms with Crippen LogP contribution < -0.4 is 5.32 Å². The fraction of sp³-hybridized carbons (Fsp3) is 0.643. The number of amides is 2. The number of carbonyl (C=O) groups excluding carboxylic acids is 2. The Morgan fingerprint density at radius 1 is 1.38 bits per heavy atom. The first-order valence-electron chi connectivity index (χ1n) is 7.39. The molecule has 3 rings (SSSR count). The first-order chi connectivity index (χ1) is 10.2. The summed E-state index contributed by atoms with van der Waals surface area (Å²) < 4.78 is 0. The van der Waals surface area contributed by atoms with Crippen LogP contribution >= 0.6 is 0 Å². The van der Waals surface area contributed by atoms with Crippen molar-refractivity contribution in [2.24, 2.45) is 11.8 Å². The summed E-state index contributed by atoms with van der Waals surface area (Å²) in [4.78, 5) is 27.9. The van der Waals surface area contributed by atoms with E-state index in [-0.39, 0.29) is 11.8 Å². The summed E-state index contributed by atoms with van der Waals surface area (Å²) in [5.41, 5.74) is 0.552. The van der Waals surface area contributed by atoms with Crippen molar-refractivity contribution in [3.63, 3.8) is 0 Å². The molecule has 0 bridgehead atoms. The second kappa shape index (κ2) is 5.85. The summed E-state index contributed by atoms with van der Waals surface area (Å²) in [5.74, 6) is 1.10. The zero-order chi connectivity index (χ0) is 14.8. The number of aromatic nitrogens is 2. The fourth-order valence-corrected chi connectivity index (χ4v) is 3.38. The molecule has 0 aliphatic carbocycles. The van der Waals surface area contributed by atoms with E-state index in [1.54, 1.807) is 19.3 Å². The third-order valence-electron chi connectivity index (χ3n) is 4.55. The molecule has 1 aromatic rings. The summed E-state index contributed by atoms with van der Waals surface area (Å²) in [6.07, 6.45) is 2.65. The molecule has 3 heterocycles. The molecule has 2 atom stereocenters. The van der Waals surface area contributed by atoms with Crippen molar-refractivity contribution in [1.29, 1.82) is 0 Å². The van der Waals surface area contributed by atoms with Crippen LogP contribution in [0.15, 0.2) is 12.3 Å². The second-order valence-electron chi connectivity index (χ2n) is 5.90. The maximum absolute atomic E-state index is 12.3. The smallest absolute Gasteiger partial charge is 0.271 e. The first-order valence-corrected chi connectivity index (χ1v) is 7.39. The minimum atomic E-state index is 0.0275. The molecular weight excluding hydrogens is 270 g/mol. The quantitative estimate of drug-likeness (QED) is 0.790. The fourth-order valence-electron chi connectivity index (χ4n) is 3.38. The maximum atomic E-state index is 12.3. The molecule has 2 aliphatic rings. The van der Waals surface area contributed by atoms with Crippen LogP contribution in [-0.4, -0.2) is 71.6 Å². The van der Waals surface area contributed by atoms with Crippen LogP contribution in [0.2, 0.25) is 0 Å². The molecule has 21 heavy (non-hydrogen) atoms. The number of hydrogen-bond acceptors (Lipinski definition) is 4. The van der Waals surface area contributed by atoms with E-state index in [1.807, 2.05) is 4.90 Å². The molecule has 0 saturated carbocycles. The molecule has 1 aromatic heterocycles. The summed E-state index contributed by atoms with van der Waals surface area (Å²) in [7, 11) is 1.66. The van der Waals surface area contributed by atoms with Gasteiger partial charge in [0.1, 0.15) is 5.69 Å². The number of rotatable bonds is 3. The lowest BCUT2D eigenvalue weighted by atomic mass is 9.89. The van der Waals surface area contributed by atoms with E-state index in [4.69, 9.17) is 0 Å². The van der Waals surface area contributed by atoms with Gasteiger partial charge in [-0.05, 0) is 30.9 Å². The molecule has 114 valence electrons. The average molecular weight is 291 g/mol. The molecule has 2 saturated heterocycles. The third-order valence-corrected chi connectivity index (χ3v) is 4.55. The predicted molar refractivity (Wildman–Crippen MR) is 76.6 cm³/mol. The van der Waals surface area contributed by atoms with Crippen LogP contribution in [0.1, 0.15) is 16.9 Å². The van der Waals surface area contributed by atoms with Crippen LogP contribution in [0.3, 0.4) is 0 Å². The van der Waals surface area contributed by atoms with E-state index in [9.17, 15) is 9.59 Å². The Hall–Kier alpha value is -1.89. The number of nitrogens with one attached hydrogen (secondary N) is 2. The van der Waals surface area contributed by atoms with E-state index >= 15 is 0 Å². The summed E-state index contributed by atoms with van der Waals surface area (Å²) in [6.45, 7) is 3.86. The number of nitrogens with zero attached hydrogens (tertiary/aromatic N) is 3. The van der Waals surface area contributed by atoms with Gasteiger partial charge in [-0.3, -0.25) is 19.6 Å². The van der Waals surface area contributed by atoms with E-state index in [2.05, 4.69) is 20.4 Å². The Kier molecular flexibility index (Phi) is 3.92. The van der Waals surface area contributed by atoms with Gasteiger partial charge in [-0.25, -0.2) is 0 Å². The van der Waals surface area contributed by atoms with Gasteiger partial charge >= 0.3 is 0 Å². The Labute approximate surface area is 123 Å². The highest BCUT2D eigenvalue weighted by atomic mass is 16.2. The van der Waals surface area contributed by atoms with Crippen molar-refractivity contribution in [1.82, 2.24) is 25.3 Å². The number of likely N-dealkylation sites (tertiary alicyclic amines) is 2. The van der Waals surface area contributed by atoms with Gasteiger partial charge < -0.3 is 10.2 Å². The van der Waals surface area contributed by atoms with Gasteiger partial charge in [0.15, 0.2) is 0 Å². The lowest BCUT2D eigenvalue weighted by molar-refractivity contribution is -0.122. The zero-order valence-corrected chi connectivity index (χ0v) is 12.2. The standard InChI is InChI=1S/C14H21N5O2/c1-15-13(20)9-18-5-3-10-7-19(8-11(10)6-18)14(21)12-2-4-16-17-12/h2,4,10-11H,3,5-9H2,1H3,(H,15,20)(H,16,17)/t10-,11+/m0/s1. The largest absolute Gasteiger partial charge is 0.358 e. The van der Waals surface area contributed by atoms with Crippen molar-refractivity contribution in [2.45, 2.75) is 6.42 Å². The predicted octanol–water partition coefficient (Wildman–Crippen LogP) is -0.450. The number of hydrogen-bond donors (Lipinski definition) is 2. The van der Waals surface area contributed by atoms with Gasteiger partial charge in [0.05, 0.1) is 6.54 Å². The first kappa shape index (κ1) is 14.1. The van der Waals surface area contributed by atoms with E-state index in [0.29, 0.717) is 24.1 Å². The lowest BCUT2D eigenvalue weighted by Gasteiger charge is -2.33. The SMILES string of the molecule is CNC(=O)CN1CC[C@H]2CN(C(=O)c3ccn[nH]3)C[C@H]2C1. The Morgan fingerprint density at radius 2 is 2.19 bits per heavy atom. The third kappa shape index (κ3) is 2.92. The minimum Gasteiger partial charge on any atom is -0.358 e. The maximum Gasteiger partial charge on any atom is 0.271 e. The molecule has 0 radical (unpaired) electrons. The summed E-state index contributed by atoms with van der Waals surface area (Å²) >= 11 is 0. The summed E-state index contributed by atoms with van der Waals surface area (Å²) in [6, 6.07) is 1.71. The summed E-state index contributed by atoms with van der Waals surface area (Å²) in [5, 5.41) is 9.23. The topological polar surface area (TPSA) is 81.3 Å². The van der Waals surface area contributed by atoms with Gasteiger partial charge in [-0.1, -0.05) is 0 Å². The second-order valence-corrected chi connectivity index (χ2v) is 5.90. The number of carbonyl (C=O) groups is 2. The molecule has 2 aliphatic heterocycles. The molecular formula is C14H21N5O2. The van der Waals surface area contributed by atoms with Crippen LogP contribution in [0, 0.1) is 11.8 Å². The number of piperidine rings is 1. The van der Waals surface area contributed by atoms with Crippen molar-refractivity contribution in [2.75, 3.05) is 39.8 Å². The van der Waals surface area contributed by atoms with Gasteiger partial charge in [0.25, 0.3) is 5.91 Å². The highest BCUT2D eigenvalue weighted by molar-refractivity contribution is 5.92. The van der Waals surface area contributed by atoms with Crippen LogP contribution in [-0.2, 0) is 4.79 Å². The van der Waals surface area contributed by atoms with Gasteiger partial charge in [-0.2, -0.15) is 5.10 Å².